The number of benzene rings is 1. The van der Waals surface area contributed by atoms with E-state index < -0.39 is 0 Å². The molecule has 1 heterocycles. The fourth-order valence-corrected chi connectivity index (χ4v) is 1.19. The lowest BCUT2D eigenvalue weighted by atomic mass is 10.3. The van der Waals surface area contributed by atoms with Crippen molar-refractivity contribution in [3.63, 3.8) is 0 Å². The van der Waals surface area contributed by atoms with Gasteiger partial charge in [0.1, 0.15) is 17.6 Å². The first-order valence-electron chi connectivity index (χ1n) is 4.58. The molecule has 3 nitrogen and oxygen atoms in total. The van der Waals surface area contributed by atoms with E-state index in [0.717, 1.165) is 0 Å². The molecule has 0 spiro atoms. The quantitative estimate of drug-likeness (QED) is 0.772. The van der Waals surface area contributed by atoms with Crippen LogP contribution >= 0.6 is 0 Å². The van der Waals surface area contributed by atoms with Crippen molar-refractivity contribution >= 4 is 0 Å². The molecule has 0 unspecified atom stereocenters. The largest absolute Gasteiger partial charge is 0.454 e. The average molecular weight is 214 g/mol. The molecule has 0 radical (unpaired) electrons. The molecule has 2 rings (SSSR count). The third-order valence-electron chi connectivity index (χ3n) is 1.92. The number of pyridine rings is 1. The smallest absolute Gasteiger partial charge is 0.183 e. The molecule has 2 aromatic rings. The van der Waals surface area contributed by atoms with E-state index in [2.05, 4.69) is 4.98 Å². The zero-order valence-electron chi connectivity index (χ0n) is 8.22. The molecule has 0 saturated carbocycles. The van der Waals surface area contributed by atoms with Crippen LogP contribution in [0.15, 0.2) is 42.6 Å². The van der Waals surface area contributed by atoms with E-state index in [1.807, 2.05) is 6.07 Å². The normalized spacial score (nSPS) is 9.50. The van der Waals surface area contributed by atoms with Crippen molar-refractivity contribution in [2.45, 2.75) is 0 Å². The standard InChI is InChI=1S/C12H7FN2O/c13-9-3-5-10(6-4-9)16-12-2-1-7-15-11(12)8-14/h1-7H. The van der Waals surface area contributed by atoms with Crippen LogP contribution in [0.25, 0.3) is 0 Å². The number of nitriles is 1. The first-order chi connectivity index (χ1) is 7.79. The minimum atomic E-state index is -0.334. The number of hydrogen-bond donors (Lipinski definition) is 0. The summed E-state index contributed by atoms with van der Waals surface area (Å²) in [5.41, 5.74) is 0.201. The van der Waals surface area contributed by atoms with Crippen molar-refractivity contribution in [2.75, 3.05) is 0 Å². The maximum Gasteiger partial charge on any atom is 0.183 e. The predicted octanol–water partition coefficient (Wildman–Crippen LogP) is 2.88. The molecule has 0 N–H and O–H groups in total. The van der Waals surface area contributed by atoms with E-state index in [9.17, 15) is 4.39 Å². The lowest BCUT2D eigenvalue weighted by molar-refractivity contribution is 0.476. The Morgan fingerprint density at radius 1 is 1.19 bits per heavy atom. The van der Waals surface area contributed by atoms with Crippen LogP contribution in [0.3, 0.4) is 0 Å². The molecule has 1 aromatic heterocycles. The van der Waals surface area contributed by atoms with Crippen LogP contribution in [0.2, 0.25) is 0 Å². The van der Waals surface area contributed by atoms with Crippen molar-refractivity contribution in [2.24, 2.45) is 0 Å². The van der Waals surface area contributed by atoms with E-state index in [0.29, 0.717) is 11.5 Å². The van der Waals surface area contributed by atoms with Gasteiger partial charge >= 0.3 is 0 Å². The maximum atomic E-state index is 12.7. The summed E-state index contributed by atoms with van der Waals surface area (Å²) in [7, 11) is 0. The summed E-state index contributed by atoms with van der Waals surface area (Å²) in [6, 6.07) is 10.8. The number of ether oxygens (including phenoxy) is 1. The van der Waals surface area contributed by atoms with Crippen LogP contribution in [0.1, 0.15) is 5.69 Å². The molecular weight excluding hydrogens is 207 g/mol. The second-order valence-electron chi connectivity index (χ2n) is 3.02. The molecule has 0 atom stereocenters. The van der Waals surface area contributed by atoms with Crippen LogP contribution in [-0.4, -0.2) is 4.98 Å². The fourth-order valence-electron chi connectivity index (χ4n) is 1.19. The van der Waals surface area contributed by atoms with Gasteiger partial charge in [-0.2, -0.15) is 5.26 Å². The molecule has 0 aliphatic heterocycles. The van der Waals surface area contributed by atoms with Gasteiger partial charge in [-0.15, -0.1) is 0 Å². The predicted molar refractivity (Wildman–Crippen MR) is 55.4 cm³/mol. The molecule has 4 heteroatoms. The Kier molecular flexibility index (Phi) is 2.79. The first kappa shape index (κ1) is 10.1. The molecule has 0 bridgehead atoms. The molecule has 78 valence electrons. The van der Waals surface area contributed by atoms with Crippen molar-refractivity contribution in [1.29, 1.82) is 5.26 Å². The number of nitrogens with zero attached hydrogens (tertiary/aromatic N) is 2. The lowest BCUT2D eigenvalue weighted by Gasteiger charge is -2.05. The Morgan fingerprint density at radius 3 is 2.62 bits per heavy atom. The molecule has 0 aliphatic rings. The zero-order valence-corrected chi connectivity index (χ0v) is 8.22. The summed E-state index contributed by atoms with van der Waals surface area (Å²) in [6.45, 7) is 0. The van der Waals surface area contributed by atoms with Gasteiger partial charge in [-0.25, -0.2) is 9.37 Å². The highest BCUT2D eigenvalue weighted by molar-refractivity contribution is 5.40. The van der Waals surface area contributed by atoms with E-state index in [1.54, 1.807) is 12.1 Å². The van der Waals surface area contributed by atoms with E-state index >= 15 is 0 Å². The average Bonchev–Trinajstić information content (AvgIpc) is 2.33. The summed E-state index contributed by atoms with van der Waals surface area (Å²) in [5.74, 6) is 0.488. The Balaban J connectivity index is 2.27. The number of hydrogen-bond acceptors (Lipinski definition) is 3. The molecular formula is C12H7FN2O. The van der Waals surface area contributed by atoms with E-state index in [1.165, 1.54) is 30.5 Å². The van der Waals surface area contributed by atoms with E-state index in [-0.39, 0.29) is 11.5 Å². The second-order valence-corrected chi connectivity index (χ2v) is 3.02. The Labute approximate surface area is 91.7 Å². The van der Waals surface area contributed by atoms with Gasteiger partial charge in [0.25, 0.3) is 0 Å². The van der Waals surface area contributed by atoms with Gasteiger partial charge in [0.05, 0.1) is 0 Å². The van der Waals surface area contributed by atoms with Gasteiger partial charge in [0.2, 0.25) is 0 Å². The highest BCUT2D eigenvalue weighted by Gasteiger charge is 2.04. The molecule has 16 heavy (non-hydrogen) atoms. The summed E-state index contributed by atoms with van der Waals surface area (Å²) in [6.07, 6.45) is 1.51. The van der Waals surface area contributed by atoms with Gasteiger partial charge in [-0.05, 0) is 36.4 Å². The van der Waals surface area contributed by atoms with Crippen LogP contribution in [0.4, 0.5) is 4.39 Å². The monoisotopic (exact) mass is 214 g/mol. The summed E-state index contributed by atoms with van der Waals surface area (Å²) >= 11 is 0. The third-order valence-corrected chi connectivity index (χ3v) is 1.92. The van der Waals surface area contributed by atoms with Gasteiger partial charge in [-0.3, -0.25) is 0 Å². The maximum absolute atomic E-state index is 12.7. The van der Waals surface area contributed by atoms with Crippen molar-refractivity contribution in [3.05, 3.63) is 54.1 Å². The minimum absolute atomic E-state index is 0.201. The van der Waals surface area contributed by atoms with Crippen LogP contribution in [0.5, 0.6) is 11.5 Å². The third kappa shape index (κ3) is 2.15. The van der Waals surface area contributed by atoms with Gasteiger partial charge in [0, 0.05) is 6.20 Å². The van der Waals surface area contributed by atoms with Crippen LogP contribution < -0.4 is 4.74 Å². The first-order valence-corrected chi connectivity index (χ1v) is 4.58. The molecule has 0 saturated heterocycles. The second kappa shape index (κ2) is 4.41. The number of rotatable bonds is 2. The highest BCUT2D eigenvalue weighted by Crippen LogP contribution is 2.23. The Bertz CT molecular complexity index is 531. The lowest BCUT2D eigenvalue weighted by Crippen LogP contribution is -1.90. The number of halogens is 1. The molecule has 1 aromatic carbocycles. The topological polar surface area (TPSA) is 45.9 Å². The fraction of sp³-hybridized carbons (Fsp3) is 0. The minimum Gasteiger partial charge on any atom is -0.454 e. The summed E-state index contributed by atoms with van der Waals surface area (Å²) < 4.78 is 18.1. The Morgan fingerprint density at radius 2 is 1.94 bits per heavy atom. The SMILES string of the molecule is N#Cc1ncccc1Oc1ccc(F)cc1. The molecule has 0 amide bonds. The van der Waals surface area contributed by atoms with Crippen molar-refractivity contribution < 1.29 is 9.13 Å². The van der Waals surface area contributed by atoms with Crippen molar-refractivity contribution in [3.8, 4) is 17.6 Å². The summed E-state index contributed by atoms with van der Waals surface area (Å²) in [4.78, 5) is 3.85. The Hall–Kier alpha value is -2.41. The van der Waals surface area contributed by atoms with Gasteiger partial charge in [0.15, 0.2) is 11.4 Å². The molecule has 0 fully saturated rings. The zero-order chi connectivity index (χ0) is 11.4. The highest BCUT2D eigenvalue weighted by atomic mass is 19.1. The van der Waals surface area contributed by atoms with Gasteiger partial charge < -0.3 is 4.74 Å². The van der Waals surface area contributed by atoms with Gasteiger partial charge in [-0.1, -0.05) is 0 Å². The van der Waals surface area contributed by atoms with Crippen LogP contribution in [0, 0.1) is 17.1 Å². The van der Waals surface area contributed by atoms with E-state index in [4.69, 9.17) is 10.00 Å². The van der Waals surface area contributed by atoms with Crippen molar-refractivity contribution in [1.82, 2.24) is 4.98 Å². The van der Waals surface area contributed by atoms with Crippen LogP contribution in [-0.2, 0) is 0 Å². The number of aromatic nitrogens is 1. The summed E-state index contributed by atoms with van der Waals surface area (Å²) in [5, 5.41) is 8.79. The molecule has 0 aliphatic carbocycles.